The van der Waals surface area contributed by atoms with Crippen molar-refractivity contribution in [3.05, 3.63) is 12.4 Å². The van der Waals surface area contributed by atoms with Crippen LogP contribution in [-0.2, 0) is 20.9 Å². The maximum absolute atomic E-state index is 12.1. The number of likely N-dealkylation sites (tertiary alicyclic amines) is 1. The van der Waals surface area contributed by atoms with E-state index in [0.717, 1.165) is 0 Å². The van der Waals surface area contributed by atoms with Crippen LogP contribution in [0.15, 0.2) is 12.4 Å². The molecule has 4 amide bonds. The lowest BCUT2D eigenvalue weighted by Gasteiger charge is -2.19. The Balaban J connectivity index is 1.89. The molecular weight excluding hydrogens is 302 g/mol. The predicted octanol–water partition coefficient (Wildman–Crippen LogP) is 0.187. The van der Waals surface area contributed by atoms with E-state index in [4.69, 9.17) is 4.74 Å². The van der Waals surface area contributed by atoms with Crippen LogP contribution in [0.1, 0.15) is 20.3 Å². The highest BCUT2D eigenvalue weighted by Crippen LogP contribution is 2.16. The number of anilines is 1. The topological polar surface area (TPSA) is 106 Å². The van der Waals surface area contributed by atoms with Crippen LogP contribution >= 0.6 is 0 Å². The molecule has 0 radical (unpaired) electrons. The van der Waals surface area contributed by atoms with E-state index in [2.05, 4.69) is 15.7 Å². The SMILES string of the molecule is COCCn1cc(NC(=O)NC2CC(=O)N(C(C)C)C2=O)cn1. The first-order valence-corrected chi connectivity index (χ1v) is 7.37. The lowest BCUT2D eigenvalue weighted by atomic mass is 10.2. The van der Waals surface area contributed by atoms with Crippen molar-refractivity contribution in [2.24, 2.45) is 0 Å². The van der Waals surface area contributed by atoms with Gasteiger partial charge in [0.25, 0.3) is 5.91 Å². The molecule has 0 aromatic carbocycles. The van der Waals surface area contributed by atoms with Gasteiger partial charge in [0.15, 0.2) is 0 Å². The number of hydrogen-bond acceptors (Lipinski definition) is 5. The van der Waals surface area contributed by atoms with E-state index >= 15 is 0 Å². The van der Waals surface area contributed by atoms with E-state index in [1.165, 1.54) is 11.1 Å². The highest BCUT2D eigenvalue weighted by atomic mass is 16.5. The minimum atomic E-state index is -0.826. The molecule has 0 spiro atoms. The van der Waals surface area contributed by atoms with Gasteiger partial charge in [-0.3, -0.25) is 19.2 Å². The van der Waals surface area contributed by atoms with E-state index in [0.29, 0.717) is 18.8 Å². The Bertz CT molecular complexity index is 598. The molecule has 1 aliphatic rings. The fraction of sp³-hybridized carbons (Fsp3) is 0.571. The Morgan fingerprint density at radius 1 is 1.48 bits per heavy atom. The third-order valence-corrected chi connectivity index (χ3v) is 3.42. The summed E-state index contributed by atoms with van der Waals surface area (Å²) in [5, 5.41) is 9.18. The Kier molecular flexibility index (Phi) is 5.32. The van der Waals surface area contributed by atoms with Crippen LogP contribution < -0.4 is 10.6 Å². The summed E-state index contributed by atoms with van der Waals surface area (Å²) in [5.41, 5.74) is 0.496. The lowest BCUT2D eigenvalue weighted by Crippen LogP contribution is -2.45. The molecule has 2 N–H and O–H groups in total. The summed E-state index contributed by atoms with van der Waals surface area (Å²) < 4.78 is 6.57. The van der Waals surface area contributed by atoms with Gasteiger partial charge in [-0.2, -0.15) is 5.10 Å². The number of carbonyl (C=O) groups is 3. The van der Waals surface area contributed by atoms with Crippen molar-refractivity contribution >= 4 is 23.5 Å². The molecule has 2 heterocycles. The Morgan fingerprint density at radius 3 is 2.83 bits per heavy atom. The van der Waals surface area contributed by atoms with E-state index in [-0.39, 0.29) is 24.3 Å². The first kappa shape index (κ1) is 16.9. The van der Waals surface area contributed by atoms with Crippen molar-refractivity contribution in [1.29, 1.82) is 0 Å². The number of ether oxygens (including phenoxy) is 1. The average Bonchev–Trinajstić information content (AvgIpc) is 3.01. The third kappa shape index (κ3) is 4.07. The smallest absolute Gasteiger partial charge is 0.319 e. The number of rotatable bonds is 6. The largest absolute Gasteiger partial charge is 0.383 e. The highest BCUT2D eigenvalue weighted by Gasteiger charge is 2.40. The van der Waals surface area contributed by atoms with Crippen molar-refractivity contribution in [2.75, 3.05) is 19.0 Å². The van der Waals surface area contributed by atoms with Crippen molar-refractivity contribution in [2.45, 2.75) is 38.9 Å². The number of urea groups is 1. The second kappa shape index (κ2) is 7.23. The number of nitrogens with one attached hydrogen (secondary N) is 2. The maximum Gasteiger partial charge on any atom is 0.319 e. The van der Waals surface area contributed by atoms with Gasteiger partial charge in [0.2, 0.25) is 5.91 Å². The van der Waals surface area contributed by atoms with Crippen molar-refractivity contribution in [3.63, 3.8) is 0 Å². The van der Waals surface area contributed by atoms with Gasteiger partial charge in [0.05, 0.1) is 31.5 Å². The average molecular weight is 323 g/mol. The van der Waals surface area contributed by atoms with Gasteiger partial charge in [0, 0.05) is 19.3 Å². The molecule has 1 aromatic rings. The zero-order valence-corrected chi connectivity index (χ0v) is 13.4. The van der Waals surface area contributed by atoms with Crippen molar-refractivity contribution in [1.82, 2.24) is 20.0 Å². The highest BCUT2D eigenvalue weighted by molar-refractivity contribution is 6.07. The summed E-state index contributed by atoms with van der Waals surface area (Å²) in [6, 6.07) is -1.59. The summed E-state index contributed by atoms with van der Waals surface area (Å²) in [6.45, 7) is 4.59. The van der Waals surface area contributed by atoms with Gasteiger partial charge in [-0.05, 0) is 13.8 Å². The fourth-order valence-corrected chi connectivity index (χ4v) is 2.37. The predicted molar refractivity (Wildman–Crippen MR) is 81.7 cm³/mol. The van der Waals surface area contributed by atoms with Crippen LogP contribution in [0.4, 0.5) is 10.5 Å². The molecule has 9 nitrogen and oxygen atoms in total. The van der Waals surface area contributed by atoms with Crippen LogP contribution in [0.5, 0.6) is 0 Å². The van der Waals surface area contributed by atoms with Gasteiger partial charge in [-0.1, -0.05) is 0 Å². The number of aromatic nitrogens is 2. The van der Waals surface area contributed by atoms with Crippen LogP contribution in [0, 0.1) is 0 Å². The van der Waals surface area contributed by atoms with Gasteiger partial charge < -0.3 is 15.4 Å². The summed E-state index contributed by atoms with van der Waals surface area (Å²) in [4.78, 5) is 37.0. The maximum atomic E-state index is 12.1. The summed E-state index contributed by atoms with van der Waals surface area (Å²) in [7, 11) is 1.59. The molecule has 2 rings (SSSR count). The molecule has 1 aliphatic heterocycles. The normalized spacial score (nSPS) is 17.9. The summed E-state index contributed by atoms with van der Waals surface area (Å²) >= 11 is 0. The molecule has 1 aromatic heterocycles. The van der Waals surface area contributed by atoms with Crippen LogP contribution in [-0.4, -0.2) is 58.3 Å². The monoisotopic (exact) mass is 323 g/mol. The number of nitrogens with zero attached hydrogens (tertiary/aromatic N) is 3. The number of amides is 4. The second-order valence-electron chi connectivity index (χ2n) is 5.54. The standard InChI is InChI=1S/C14H21N5O4/c1-9(2)19-12(20)6-11(13(19)21)17-14(22)16-10-7-15-18(8-10)4-5-23-3/h7-9,11H,4-6H2,1-3H3,(H2,16,17,22). The van der Waals surface area contributed by atoms with E-state index in [1.54, 1.807) is 31.8 Å². The van der Waals surface area contributed by atoms with E-state index < -0.39 is 12.1 Å². The Morgan fingerprint density at radius 2 is 2.22 bits per heavy atom. The zero-order chi connectivity index (χ0) is 17.0. The Labute approximate surface area is 134 Å². The summed E-state index contributed by atoms with van der Waals surface area (Å²) in [5.74, 6) is -0.654. The number of methoxy groups -OCH3 is 1. The minimum absolute atomic E-state index is 0.0163. The molecule has 1 atom stereocenters. The molecule has 23 heavy (non-hydrogen) atoms. The lowest BCUT2D eigenvalue weighted by molar-refractivity contribution is -0.140. The van der Waals surface area contributed by atoms with Crippen LogP contribution in [0.2, 0.25) is 0 Å². The van der Waals surface area contributed by atoms with Gasteiger partial charge >= 0.3 is 6.03 Å². The van der Waals surface area contributed by atoms with Gasteiger partial charge in [-0.15, -0.1) is 0 Å². The molecule has 1 unspecified atom stereocenters. The molecule has 0 saturated carbocycles. The zero-order valence-electron chi connectivity index (χ0n) is 13.4. The molecule has 126 valence electrons. The molecule has 1 saturated heterocycles. The Hall–Kier alpha value is -2.42. The van der Waals surface area contributed by atoms with Crippen LogP contribution in [0.3, 0.4) is 0 Å². The first-order chi connectivity index (χ1) is 10.9. The van der Waals surface area contributed by atoms with E-state index in [9.17, 15) is 14.4 Å². The third-order valence-electron chi connectivity index (χ3n) is 3.42. The first-order valence-electron chi connectivity index (χ1n) is 7.37. The molecule has 0 bridgehead atoms. The second-order valence-corrected chi connectivity index (χ2v) is 5.54. The molecule has 9 heteroatoms. The molecule has 1 fully saturated rings. The van der Waals surface area contributed by atoms with Crippen LogP contribution in [0.25, 0.3) is 0 Å². The van der Waals surface area contributed by atoms with E-state index in [1.807, 2.05) is 0 Å². The quantitative estimate of drug-likeness (QED) is 0.727. The van der Waals surface area contributed by atoms with Crippen molar-refractivity contribution in [3.8, 4) is 0 Å². The number of carbonyl (C=O) groups excluding carboxylic acids is 3. The number of imide groups is 1. The number of hydrogen-bond donors (Lipinski definition) is 2. The molecular formula is C14H21N5O4. The minimum Gasteiger partial charge on any atom is -0.383 e. The molecule has 0 aliphatic carbocycles. The fourth-order valence-electron chi connectivity index (χ4n) is 2.37. The van der Waals surface area contributed by atoms with Crippen molar-refractivity contribution < 1.29 is 19.1 Å². The summed E-state index contributed by atoms with van der Waals surface area (Å²) in [6.07, 6.45) is 3.13. The van der Waals surface area contributed by atoms with Gasteiger partial charge in [0.1, 0.15) is 6.04 Å². The van der Waals surface area contributed by atoms with Gasteiger partial charge in [-0.25, -0.2) is 4.79 Å².